The minimum absolute atomic E-state index is 0.0518. The van der Waals surface area contributed by atoms with E-state index in [1.165, 1.54) is 10.5 Å². The number of rotatable bonds is 4. The number of carbonyl (C=O) groups is 2. The van der Waals surface area contributed by atoms with Crippen LogP contribution in [0.3, 0.4) is 0 Å². The molecule has 1 aliphatic rings. The first-order valence-corrected chi connectivity index (χ1v) is 11.3. The van der Waals surface area contributed by atoms with Gasteiger partial charge in [0.15, 0.2) is 0 Å². The van der Waals surface area contributed by atoms with E-state index in [0.29, 0.717) is 17.7 Å². The summed E-state index contributed by atoms with van der Waals surface area (Å²) in [6.07, 6.45) is 1.73. The largest absolute Gasteiger partial charge is 0.456 e. The van der Waals surface area contributed by atoms with Gasteiger partial charge in [0.25, 0.3) is 11.8 Å². The second kappa shape index (κ2) is 7.33. The molecule has 0 fully saturated rings. The fraction of sp³-hybridized carbons (Fsp3) is 0.286. The molecule has 162 valence electrons. The van der Waals surface area contributed by atoms with Crippen molar-refractivity contribution < 1.29 is 14.0 Å². The number of unbranched alkanes of at least 4 members (excludes halogenated alkanes) is 1. The molecule has 32 heavy (non-hydrogen) atoms. The van der Waals surface area contributed by atoms with Crippen LogP contribution in [-0.2, 0) is 5.41 Å². The number of amides is 2. The Morgan fingerprint density at radius 3 is 2.31 bits per heavy atom. The number of hydrogen-bond donors (Lipinski definition) is 0. The molecular formula is C28H27NO3. The number of nitrogens with zero attached hydrogens (tertiary/aromatic N) is 1. The molecule has 4 aromatic rings. The van der Waals surface area contributed by atoms with Gasteiger partial charge in [0.05, 0.1) is 0 Å². The second-order valence-corrected chi connectivity index (χ2v) is 9.62. The van der Waals surface area contributed by atoms with Crippen LogP contribution in [-0.4, -0.2) is 23.3 Å². The standard InChI is InChI=1S/C28H27NO3/c1-5-6-14-29-26(30)21-9-7-8-20-19(11-12-22(25(20)21)27(29)31)24-16-17-15-18(28(2,3)4)10-13-23(17)32-24/h7-13,15-16H,5-6,14H2,1-4H3. The molecule has 2 amide bonds. The summed E-state index contributed by atoms with van der Waals surface area (Å²) in [6, 6.07) is 17.8. The van der Waals surface area contributed by atoms with E-state index in [9.17, 15) is 9.59 Å². The molecule has 4 nitrogen and oxygen atoms in total. The van der Waals surface area contributed by atoms with Crippen molar-refractivity contribution in [1.82, 2.24) is 4.90 Å². The van der Waals surface area contributed by atoms with Crippen LogP contribution in [0.4, 0.5) is 0 Å². The third-order valence-corrected chi connectivity index (χ3v) is 6.37. The Morgan fingerprint density at radius 1 is 0.875 bits per heavy atom. The Hall–Kier alpha value is -3.40. The predicted molar refractivity (Wildman–Crippen MR) is 128 cm³/mol. The Balaban J connectivity index is 1.67. The zero-order valence-electron chi connectivity index (χ0n) is 19.0. The third-order valence-electron chi connectivity index (χ3n) is 6.37. The minimum atomic E-state index is -0.210. The van der Waals surface area contributed by atoms with Gasteiger partial charge in [-0.15, -0.1) is 0 Å². The van der Waals surface area contributed by atoms with Gasteiger partial charge >= 0.3 is 0 Å². The zero-order chi connectivity index (χ0) is 22.6. The summed E-state index contributed by atoms with van der Waals surface area (Å²) in [4.78, 5) is 27.6. The fourth-order valence-corrected chi connectivity index (χ4v) is 4.52. The van der Waals surface area contributed by atoms with E-state index < -0.39 is 0 Å². The molecular weight excluding hydrogens is 398 g/mol. The van der Waals surface area contributed by atoms with Gasteiger partial charge in [0.1, 0.15) is 11.3 Å². The highest BCUT2D eigenvalue weighted by Gasteiger charge is 2.33. The van der Waals surface area contributed by atoms with Crippen LogP contribution in [0.2, 0.25) is 0 Å². The average molecular weight is 426 g/mol. The SMILES string of the molecule is CCCCN1C(=O)c2cccc3c(-c4cc5cc(C(C)(C)C)ccc5o4)ccc(c23)C1=O. The molecule has 0 bridgehead atoms. The summed E-state index contributed by atoms with van der Waals surface area (Å²) in [6.45, 7) is 9.08. The van der Waals surface area contributed by atoms with Crippen molar-refractivity contribution in [1.29, 1.82) is 0 Å². The first-order valence-electron chi connectivity index (χ1n) is 11.3. The lowest BCUT2D eigenvalue weighted by molar-refractivity contribution is 0.0608. The van der Waals surface area contributed by atoms with Gasteiger partial charge in [-0.3, -0.25) is 14.5 Å². The minimum Gasteiger partial charge on any atom is -0.456 e. The molecule has 0 unspecified atom stereocenters. The molecule has 0 saturated heterocycles. The smallest absolute Gasteiger partial charge is 0.261 e. The quantitative estimate of drug-likeness (QED) is 0.333. The van der Waals surface area contributed by atoms with Crippen LogP contribution in [0.5, 0.6) is 0 Å². The van der Waals surface area contributed by atoms with E-state index in [-0.39, 0.29) is 17.2 Å². The van der Waals surface area contributed by atoms with Gasteiger partial charge in [-0.2, -0.15) is 0 Å². The molecule has 3 aromatic carbocycles. The molecule has 4 heteroatoms. The van der Waals surface area contributed by atoms with Crippen LogP contribution in [0.25, 0.3) is 33.1 Å². The molecule has 0 radical (unpaired) electrons. The van der Waals surface area contributed by atoms with Crippen LogP contribution < -0.4 is 0 Å². The van der Waals surface area contributed by atoms with Gasteiger partial charge in [0.2, 0.25) is 0 Å². The summed E-state index contributed by atoms with van der Waals surface area (Å²) in [5, 5.41) is 2.64. The number of carbonyl (C=O) groups excluding carboxylic acids is 2. The first kappa shape index (κ1) is 20.5. The Labute approximate surface area is 187 Å². The molecule has 0 aliphatic carbocycles. The summed E-state index contributed by atoms with van der Waals surface area (Å²) in [5.41, 5.74) is 4.18. The van der Waals surface area contributed by atoms with Crippen LogP contribution in [0, 0.1) is 0 Å². The highest BCUT2D eigenvalue weighted by Crippen LogP contribution is 2.39. The van der Waals surface area contributed by atoms with Crippen LogP contribution in [0.1, 0.15) is 66.8 Å². The first-order chi connectivity index (χ1) is 15.3. The lowest BCUT2D eigenvalue weighted by Gasteiger charge is -2.27. The van der Waals surface area contributed by atoms with E-state index in [4.69, 9.17) is 4.42 Å². The molecule has 0 N–H and O–H groups in total. The van der Waals surface area contributed by atoms with E-state index in [0.717, 1.165) is 45.9 Å². The maximum Gasteiger partial charge on any atom is 0.261 e. The fourth-order valence-electron chi connectivity index (χ4n) is 4.52. The molecule has 0 atom stereocenters. The monoisotopic (exact) mass is 425 g/mol. The number of benzene rings is 3. The highest BCUT2D eigenvalue weighted by molar-refractivity contribution is 6.26. The summed E-state index contributed by atoms with van der Waals surface area (Å²) < 4.78 is 6.21. The maximum atomic E-state index is 13.1. The van der Waals surface area contributed by atoms with E-state index in [1.807, 2.05) is 36.4 Å². The lowest BCUT2D eigenvalue weighted by Crippen LogP contribution is -2.40. The van der Waals surface area contributed by atoms with E-state index >= 15 is 0 Å². The number of furan rings is 1. The molecule has 1 aromatic heterocycles. The number of fused-ring (bicyclic) bond motifs is 1. The topological polar surface area (TPSA) is 50.5 Å². The molecule has 5 rings (SSSR count). The Morgan fingerprint density at radius 2 is 1.59 bits per heavy atom. The van der Waals surface area contributed by atoms with Crippen molar-refractivity contribution >= 4 is 33.6 Å². The molecule has 1 aliphatic heterocycles. The van der Waals surface area contributed by atoms with Crippen LogP contribution in [0.15, 0.2) is 59.0 Å². The number of imide groups is 1. The van der Waals surface area contributed by atoms with Crippen molar-refractivity contribution in [3.63, 3.8) is 0 Å². The van der Waals surface area contributed by atoms with Gasteiger partial charge < -0.3 is 4.42 Å². The summed E-state index contributed by atoms with van der Waals surface area (Å²) >= 11 is 0. The average Bonchev–Trinajstić information content (AvgIpc) is 3.19. The van der Waals surface area contributed by atoms with Crippen LogP contribution >= 0.6 is 0 Å². The van der Waals surface area contributed by atoms with Crippen molar-refractivity contribution in [3.05, 3.63) is 71.3 Å². The second-order valence-electron chi connectivity index (χ2n) is 9.62. The van der Waals surface area contributed by atoms with Crippen molar-refractivity contribution in [2.75, 3.05) is 6.54 Å². The van der Waals surface area contributed by atoms with Crippen molar-refractivity contribution in [2.24, 2.45) is 0 Å². The predicted octanol–water partition coefficient (Wildman–Crippen LogP) is 6.95. The summed E-state index contributed by atoms with van der Waals surface area (Å²) in [7, 11) is 0. The number of hydrogen-bond acceptors (Lipinski definition) is 3. The Kier molecular flexibility index (Phi) is 4.70. The van der Waals surface area contributed by atoms with E-state index in [1.54, 1.807) is 0 Å². The maximum absolute atomic E-state index is 13.1. The molecule has 0 saturated carbocycles. The lowest BCUT2D eigenvalue weighted by atomic mass is 9.86. The van der Waals surface area contributed by atoms with Gasteiger partial charge in [0, 0.05) is 34.0 Å². The van der Waals surface area contributed by atoms with E-state index in [2.05, 4.69) is 45.9 Å². The molecule has 0 spiro atoms. The third kappa shape index (κ3) is 3.13. The van der Waals surface area contributed by atoms with Gasteiger partial charge in [-0.1, -0.05) is 52.3 Å². The Bertz CT molecular complexity index is 1370. The van der Waals surface area contributed by atoms with Crippen molar-refractivity contribution in [3.8, 4) is 11.3 Å². The van der Waals surface area contributed by atoms with Gasteiger partial charge in [-0.25, -0.2) is 0 Å². The van der Waals surface area contributed by atoms with Crippen molar-refractivity contribution in [2.45, 2.75) is 46.0 Å². The zero-order valence-corrected chi connectivity index (χ0v) is 19.0. The molecule has 2 heterocycles. The van der Waals surface area contributed by atoms with Gasteiger partial charge in [-0.05, 0) is 59.2 Å². The summed E-state index contributed by atoms with van der Waals surface area (Å²) in [5.74, 6) is 0.319. The highest BCUT2D eigenvalue weighted by atomic mass is 16.3. The normalized spacial score (nSPS) is 14.1.